The summed E-state index contributed by atoms with van der Waals surface area (Å²) in [5, 5.41) is 13.1. The molecule has 0 aliphatic carbocycles. The second-order valence-electron chi connectivity index (χ2n) is 8.04. The lowest BCUT2D eigenvalue weighted by molar-refractivity contribution is -0.385. The molecule has 1 aliphatic rings. The highest BCUT2D eigenvalue weighted by Crippen LogP contribution is 2.40. The third-order valence-corrected chi connectivity index (χ3v) is 6.67. The van der Waals surface area contributed by atoms with Gasteiger partial charge < -0.3 is 10.1 Å². The Bertz CT molecular complexity index is 1560. The molecule has 0 bridgehead atoms. The summed E-state index contributed by atoms with van der Waals surface area (Å²) in [6.07, 6.45) is -3.57. The summed E-state index contributed by atoms with van der Waals surface area (Å²) in [6.45, 7) is -0.626. The van der Waals surface area contributed by atoms with E-state index in [2.05, 4.69) is 21.2 Å². The minimum absolute atomic E-state index is 0.0630. The molecule has 0 atom stereocenters. The normalized spacial score (nSPS) is 14.5. The van der Waals surface area contributed by atoms with Crippen molar-refractivity contribution in [3.63, 3.8) is 0 Å². The molecular weight excluding hydrogens is 626 g/mol. The lowest BCUT2D eigenvalue weighted by atomic mass is 10.1. The monoisotopic (exact) mass is 639 g/mol. The number of nitrogens with zero attached hydrogens (tertiary/aromatic N) is 2. The van der Waals surface area contributed by atoms with Crippen LogP contribution >= 0.6 is 27.7 Å². The second-order valence-corrected chi connectivity index (χ2v) is 9.95. The Balaban J connectivity index is 1.58. The van der Waals surface area contributed by atoms with Crippen LogP contribution in [0, 0.1) is 15.9 Å². The Hall–Kier alpha value is -4.24. The van der Waals surface area contributed by atoms with E-state index in [0.29, 0.717) is 33.3 Å². The van der Waals surface area contributed by atoms with Crippen LogP contribution in [-0.2, 0) is 15.8 Å². The minimum atomic E-state index is -4.81. The number of carbonyl (C=O) groups excluding carboxylic acids is 3. The molecule has 1 aliphatic heterocycles. The van der Waals surface area contributed by atoms with Gasteiger partial charge in [-0.3, -0.25) is 29.4 Å². The molecular formula is C25H14BrF4N3O6S. The molecule has 40 heavy (non-hydrogen) atoms. The standard InChI is InChI=1S/C25H14BrF4N3O6S/c26-15-2-8-19(39-20-7-1-14(25(28,29)30)11-18(20)33(37)38)13(9-15)10-21-23(35)32(24(36)40-21)12-22(34)31-17-5-3-16(27)4-6-17/h1-11H,12H2,(H,31,34)/b21-10+. The highest BCUT2D eigenvalue weighted by Gasteiger charge is 2.37. The Morgan fingerprint density at radius 1 is 1.07 bits per heavy atom. The Morgan fingerprint density at radius 3 is 2.40 bits per heavy atom. The van der Waals surface area contributed by atoms with Crippen molar-refractivity contribution in [2.75, 3.05) is 11.9 Å². The third-order valence-electron chi connectivity index (χ3n) is 5.26. The van der Waals surface area contributed by atoms with Crippen LogP contribution in [0.15, 0.2) is 70.0 Å². The average Bonchev–Trinajstić information content (AvgIpc) is 3.13. The summed E-state index contributed by atoms with van der Waals surface area (Å²) in [6, 6.07) is 10.9. The van der Waals surface area contributed by atoms with Gasteiger partial charge in [-0.25, -0.2) is 4.39 Å². The van der Waals surface area contributed by atoms with Crippen LogP contribution in [0.2, 0.25) is 0 Å². The molecule has 9 nitrogen and oxygen atoms in total. The van der Waals surface area contributed by atoms with Gasteiger partial charge in [0.2, 0.25) is 11.7 Å². The van der Waals surface area contributed by atoms with E-state index in [4.69, 9.17) is 4.74 Å². The fourth-order valence-electron chi connectivity index (χ4n) is 3.42. The molecule has 0 spiro atoms. The molecule has 1 saturated heterocycles. The second kappa shape index (κ2) is 11.5. The smallest absolute Gasteiger partial charge is 0.416 e. The zero-order chi connectivity index (χ0) is 29.2. The van der Waals surface area contributed by atoms with Crippen molar-refractivity contribution in [1.82, 2.24) is 4.90 Å². The molecule has 1 N–H and O–H groups in total. The summed E-state index contributed by atoms with van der Waals surface area (Å²) in [7, 11) is 0. The first-order chi connectivity index (χ1) is 18.8. The first-order valence-electron chi connectivity index (χ1n) is 11.0. The molecule has 0 aromatic heterocycles. The maximum Gasteiger partial charge on any atom is 0.416 e. The molecule has 3 aromatic carbocycles. The van der Waals surface area contributed by atoms with Crippen LogP contribution in [0.4, 0.5) is 33.7 Å². The van der Waals surface area contributed by atoms with Gasteiger partial charge in [0, 0.05) is 21.8 Å². The summed E-state index contributed by atoms with van der Waals surface area (Å²) in [5.41, 5.74) is -1.76. The number of carbonyl (C=O) groups is 3. The molecule has 0 radical (unpaired) electrons. The number of nitro groups is 1. The Kier molecular flexibility index (Phi) is 8.25. The predicted molar refractivity (Wildman–Crippen MR) is 140 cm³/mol. The average molecular weight is 640 g/mol. The van der Waals surface area contributed by atoms with Gasteiger partial charge in [-0.2, -0.15) is 13.2 Å². The summed E-state index contributed by atoms with van der Waals surface area (Å²) in [5.74, 6) is -2.59. The van der Waals surface area contributed by atoms with Crippen molar-refractivity contribution in [3.8, 4) is 11.5 Å². The Labute approximate surface area is 235 Å². The van der Waals surface area contributed by atoms with Gasteiger partial charge in [0.25, 0.3) is 11.1 Å². The first kappa shape index (κ1) is 28.8. The molecule has 206 valence electrons. The summed E-state index contributed by atoms with van der Waals surface area (Å²) in [4.78, 5) is 48.8. The SMILES string of the molecule is O=C(CN1C(=O)S/C(=C/c2cc(Br)ccc2Oc2ccc(C(F)(F)F)cc2[N+](=O)[O-])C1=O)Nc1ccc(F)cc1. The molecule has 15 heteroatoms. The third kappa shape index (κ3) is 6.66. The van der Waals surface area contributed by atoms with Crippen LogP contribution in [0.25, 0.3) is 6.08 Å². The number of hydrogen-bond donors (Lipinski definition) is 1. The molecule has 3 amide bonds. The Morgan fingerprint density at radius 2 is 1.75 bits per heavy atom. The number of rotatable bonds is 7. The maximum atomic E-state index is 13.1. The van der Waals surface area contributed by atoms with Gasteiger partial charge in [-0.1, -0.05) is 15.9 Å². The van der Waals surface area contributed by atoms with Gasteiger partial charge in [-0.05, 0) is 72.4 Å². The maximum absolute atomic E-state index is 13.1. The highest BCUT2D eigenvalue weighted by molar-refractivity contribution is 9.10. The van der Waals surface area contributed by atoms with Gasteiger partial charge in [0.05, 0.1) is 15.4 Å². The molecule has 1 heterocycles. The van der Waals surface area contributed by atoms with E-state index < -0.39 is 57.5 Å². The molecule has 4 rings (SSSR count). The zero-order valence-electron chi connectivity index (χ0n) is 19.7. The summed E-state index contributed by atoms with van der Waals surface area (Å²) >= 11 is 3.77. The fourth-order valence-corrected chi connectivity index (χ4v) is 4.63. The van der Waals surface area contributed by atoms with E-state index in [1.165, 1.54) is 36.4 Å². The quantitative estimate of drug-likeness (QED) is 0.128. The topological polar surface area (TPSA) is 119 Å². The fraction of sp³-hybridized carbons (Fsp3) is 0.0800. The largest absolute Gasteiger partial charge is 0.449 e. The van der Waals surface area contributed by atoms with Crippen molar-refractivity contribution in [1.29, 1.82) is 0 Å². The van der Waals surface area contributed by atoms with Crippen molar-refractivity contribution >= 4 is 62.2 Å². The van der Waals surface area contributed by atoms with Gasteiger partial charge in [-0.15, -0.1) is 0 Å². The number of amides is 3. The van der Waals surface area contributed by atoms with Gasteiger partial charge in [0.15, 0.2) is 0 Å². The number of halogens is 5. The van der Waals surface area contributed by atoms with Crippen LogP contribution < -0.4 is 10.1 Å². The summed E-state index contributed by atoms with van der Waals surface area (Å²) < 4.78 is 58.3. The number of anilines is 1. The van der Waals surface area contributed by atoms with Gasteiger partial charge >= 0.3 is 11.9 Å². The van der Waals surface area contributed by atoms with E-state index in [9.17, 15) is 42.1 Å². The zero-order valence-corrected chi connectivity index (χ0v) is 22.1. The molecule has 1 fully saturated rings. The van der Waals surface area contributed by atoms with Crippen LogP contribution in [0.3, 0.4) is 0 Å². The van der Waals surface area contributed by atoms with E-state index in [1.807, 2.05) is 0 Å². The van der Waals surface area contributed by atoms with E-state index in [-0.39, 0.29) is 21.9 Å². The van der Waals surface area contributed by atoms with Crippen molar-refractivity contribution in [3.05, 3.63) is 97.1 Å². The van der Waals surface area contributed by atoms with Crippen molar-refractivity contribution in [2.24, 2.45) is 0 Å². The number of thioether (sulfide) groups is 1. The minimum Gasteiger partial charge on any atom is -0.449 e. The molecule has 3 aromatic rings. The molecule has 0 saturated carbocycles. The molecule has 0 unspecified atom stereocenters. The number of nitrogens with one attached hydrogen (secondary N) is 1. The number of alkyl halides is 3. The number of nitro benzene ring substituents is 1. The van der Waals surface area contributed by atoms with Crippen molar-refractivity contribution < 1.29 is 41.6 Å². The van der Waals surface area contributed by atoms with Crippen LogP contribution in [0.5, 0.6) is 11.5 Å². The number of ether oxygens (including phenoxy) is 1. The van der Waals surface area contributed by atoms with Gasteiger partial charge in [0.1, 0.15) is 18.1 Å². The predicted octanol–water partition coefficient (Wildman–Crippen LogP) is 6.98. The van der Waals surface area contributed by atoms with Crippen molar-refractivity contribution in [2.45, 2.75) is 6.18 Å². The van der Waals surface area contributed by atoms with E-state index in [0.717, 1.165) is 18.2 Å². The van der Waals surface area contributed by atoms with E-state index in [1.54, 1.807) is 0 Å². The van der Waals surface area contributed by atoms with Crippen LogP contribution in [-0.4, -0.2) is 33.4 Å². The van der Waals surface area contributed by atoms with Crippen LogP contribution in [0.1, 0.15) is 11.1 Å². The number of benzene rings is 3. The van der Waals surface area contributed by atoms with E-state index >= 15 is 0 Å². The first-order valence-corrected chi connectivity index (χ1v) is 12.6. The number of imide groups is 1. The highest BCUT2D eigenvalue weighted by atomic mass is 79.9. The lowest BCUT2D eigenvalue weighted by Gasteiger charge is -2.13. The lowest BCUT2D eigenvalue weighted by Crippen LogP contribution is -2.36. The number of hydrogen-bond acceptors (Lipinski definition) is 7.